The summed E-state index contributed by atoms with van der Waals surface area (Å²) in [5.74, 6) is 2.76. The van der Waals surface area contributed by atoms with E-state index in [-0.39, 0.29) is 17.6 Å². The molecule has 29 heavy (non-hydrogen) atoms. The van der Waals surface area contributed by atoms with E-state index in [1.807, 2.05) is 17.9 Å². The van der Waals surface area contributed by atoms with E-state index in [0.717, 1.165) is 48.8 Å². The van der Waals surface area contributed by atoms with E-state index in [4.69, 9.17) is 0 Å². The molecule has 1 aromatic heterocycles. The minimum Gasteiger partial charge on any atom is -0.393 e. The van der Waals surface area contributed by atoms with Crippen molar-refractivity contribution in [2.45, 2.75) is 84.3 Å². The molecule has 0 spiro atoms. The molecule has 1 aromatic rings. The Labute approximate surface area is 175 Å². The van der Waals surface area contributed by atoms with Crippen molar-refractivity contribution in [3.05, 3.63) is 23.0 Å². The highest BCUT2D eigenvalue weighted by molar-refractivity contribution is 5.57. The van der Waals surface area contributed by atoms with Crippen LogP contribution in [0, 0.1) is 41.4 Å². The summed E-state index contributed by atoms with van der Waals surface area (Å²) in [4.78, 5) is 0. The second-order valence-corrected chi connectivity index (χ2v) is 11.3. The molecule has 0 unspecified atom stereocenters. The van der Waals surface area contributed by atoms with Crippen LogP contribution in [0.5, 0.6) is 0 Å². The van der Waals surface area contributed by atoms with Crippen molar-refractivity contribution < 1.29 is 10.2 Å². The van der Waals surface area contributed by atoms with E-state index in [1.165, 1.54) is 31.3 Å². The first-order chi connectivity index (χ1) is 13.7. The molecule has 4 nitrogen and oxygen atoms in total. The zero-order valence-corrected chi connectivity index (χ0v) is 18.6. The first-order valence-corrected chi connectivity index (χ1v) is 11.8. The molecular weight excluding hydrogens is 360 g/mol. The van der Waals surface area contributed by atoms with Crippen LogP contribution in [0.4, 0.5) is 0 Å². The molecule has 0 aromatic carbocycles. The minimum absolute atomic E-state index is 0.0144. The molecule has 4 saturated carbocycles. The topological polar surface area (TPSA) is 58.3 Å². The summed E-state index contributed by atoms with van der Waals surface area (Å²) in [6.07, 6.45) is 12.9. The normalized spacial score (nSPS) is 48.3. The molecule has 0 saturated heterocycles. The Morgan fingerprint density at radius 3 is 2.55 bits per heavy atom. The van der Waals surface area contributed by atoms with Gasteiger partial charge in [0, 0.05) is 23.7 Å². The Balaban J connectivity index is 1.45. The monoisotopic (exact) mass is 398 g/mol. The van der Waals surface area contributed by atoms with Crippen molar-refractivity contribution in [1.29, 1.82) is 0 Å². The van der Waals surface area contributed by atoms with Gasteiger partial charge < -0.3 is 10.2 Å². The van der Waals surface area contributed by atoms with Gasteiger partial charge >= 0.3 is 0 Å². The maximum absolute atomic E-state index is 11.4. The number of rotatable bonds is 1. The van der Waals surface area contributed by atoms with Gasteiger partial charge in [-0.2, -0.15) is 5.10 Å². The van der Waals surface area contributed by atoms with Crippen molar-refractivity contribution in [2.24, 2.45) is 41.5 Å². The van der Waals surface area contributed by atoms with Crippen molar-refractivity contribution in [3.63, 3.8) is 0 Å². The standard InChI is InChI=1S/C25H38N2O2/c1-15-17(14-26-27(15)4)11-16-12-22-20-6-5-18-13-19(28)7-9-24(18,2)21(20)8-10-25(22,3)23(16)29/h11,14,18-23,28-29H,5-10,12-13H2,1-4H3/b16-11+/t18-,19-,20-,21+,22+,23-,24-,25-/m0/s1. The number of hydrogen-bond donors (Lipinski definition) is 2. The molecule has 4 aliphatic rings. The molecule has 8 atom stereocenters. The summed E-state index contributed by atoms with van der Waals surface area (Å²) in [6, 6.07) is 0. The largest absolute Gasteiger partial charge is 0.393 e. The smallest absolute Gasteiger partial charge is 0.0809 e. The van der Waals surface area contributed by atoms with E-state index in [2.05, 4.69) is 31.9 Å². The SMILES string of the molecule is Cc1c(/C=C2\C[C@@H]3[C@H]4CC[C@H]5C[C@@H](O)CC[C@]5(C)[C@@H]4CC[C@]3(C)[C@H]2O)cnn1C. The Morgan fingerprint density at radius 1 is 1.07 bits per heavy atom. The lowest BCUT2D eigenvalue weighted by atomic mass is 9.45. The Hall–Kier alpha value is -1.13. The van der Waals surface area contributed by atoms with Crippen LogP contribution in [-0.4, -0.2) is 32.2 Å². The Morgan fingerprint density at radius 2 is 1.83 bits per heavy atom. The van der Waals surface area contributed by atoms with Crippen LogP contribution in [0.1, 0.15) is 76.5 Å². The summed E-state index contributed by atoms with van der Waals surface area (Å²) < 4.78 is 1.91. The van der Waals surface area contributed by atoms with E-state index in [0.29, 0.717) is 17.3 Å². The van der Waals surface area contributed by atoms with Gasteiger partial charge in [-0.3, -0.25) is 4.68 Å². The second-order valence-electron chi connectivity index (χ2n) is 11.3. The van der Waals surface area contributed by atoms with Gasteiger partial charge in [0.1, 0.15) is 0 Å². The molecular formula is C25H38N2O2. The second kappa shape index (κ2) is 6.68. The fourth-order valence-electron chi connectivity index (χ4n) is 8.09. The van der Waals surface area contributed by atoms with E-state index < -0.39 is 0 Å². The third-order valence-electron chi connectivity index (χ3n) is 10.1. The van der Waals surface area contributed by atoms with Gasteiger partial charge in [-0.05, 0) is 99.0 Å². The number of aliphatic hydroxyl groups is 2. The fraction of sp³-hybridized carbons (Fsp3) is 0.800. The third kappa shape index (κ3) is 2.81. The predicted octanol–water partition coefficient (Wildman–Crippen LogP) is 4.49. The number of hydrogen-bond acceptors (Lipinski definition) is 3. The van der Waals surface area contributed by atoms with Crippen LogP contribution < -0.4 is 0 Å². The average Bonchev–Trinajstić information content (AvgIpc) is 3.14. The van der Waals surface area contributed by atoms with Crippen LogP contribution in [0.15, 0.2) is 11.8 Å². The summed E-state index contributed by atoms with van der Waals surface area (Å²) >= 11 is 0. The van der Waals surface area contributed by atoms with Crippen LogP contribution >= 0.6 is 0 Å². The van der Waals surface area contributed by atoms with Crippen LogP contribution in [-0.2, 0) is 7.05 Å². The first kappa shape index (κ1) is 19.8. The van der Waals surface area contributed by atoms with Crippen molar-refractivity contribution in [3.8, 4) is 0 Å². The molecule has 2 N–H and O–H groups in total. The van der Waals surface area contributed by atoms with Crippen molar-refractivity contribution >= 4 is 6.08 Å². The number of fused-ring (bicyclic) bond motifs is 5. The summed E-state index contributed by atoms with van der Waals surface area (Å²) in [5, 5.41) is 26.0. The zero-order chi connectivity index (χ0) is 20.6. The van der Waals surface area contributed by atoms with Gasteiger partial charge in [-0.15, -0.1) is 0 Å². The van der Waals surface area contributed by atoms with Gasteiger partial charge in [0.2, 0.25) is 0 Å². The number of aromatic nitrogens is 2. The number of aliphatic hydroxyl groups excluding tert-OH is 2. The van der Waals surface area contributed by atoms with Crippen LogP contribution in [0.3, 0.4) is 0 Å². The highest BCUT2D eigenvalue weighted by Gasteiger charge is 2.61. The summed E-state index contributed by atoms with van der Waals surface area (Å²) in [6.45, 7) is 6.99. The van der Waals surface area contributed by atoms with E-state index in [9.17, 15) is 10.2 Å². The predicted molar refractivity (Wildman–Crippen MR) is 115 cm³/mol. The highest BCUT2D eigenvalue weighted by Crippen LogP contribution is 2.67. The van der Waals surface area contributed by atoms with Crippen molar-refractivity contribution in [1.82, 2.24) is 9.78 Å². The number of nitrogens with zero attached hydrogens (tertiary/aromatic N) is 2. The van der Waals surface area contributed by atoms with Gasteiger partial charge in [0.05, 0.1) is 18.4 Å². The summed E-state index contributed by atoms with van der Waals surface area (Å²) in [7, 11) is 1.98. The molecule has 160 valence electrons. The molecule has 4 heteroatoms. The maximum atomic E-state index is 11.4. The Bertz CT molecular complexity index is 829. The first-order valence-electron chi connectivity index (χ1n) is 11.8. The molecule has 0 amide bonds. The quantitative estimate of drug-likeness (QED) is 0.733. The number of aryl methyl sites for hydroxylation is 1. The molecule has 0 radical (unpaired) electrons. The lowest BCUT2D eigenvalue weighted by Crippen LogP contribution is -2.54. The zero-order valence-electron chi connectivity index (χ0n) is 18.6. The van der Waals surface area contributed by atoms with Gasteiger partial charge in [-0.25, -0.2) is 0 Å². The molecule has 4 aliphatic carbocycles. The lowest BCUT2D eigenvalue weighted by molar-refractivity contribution is -0.133. The van der Waals surface area contributed by atoms with Gasteiger partial charge in [0.15, 0.2) is 0 Å². The van der Waals surface area contributed by atoms with E-state index >= 15 is 0 Å². The molecule has 4 fully saturated rings. The van der Waals surface area contributed by atoms with Gasteiger partial charge in [-0.1, -0.05) is 13.8 Å². The van der Waals surface area contributed by atoms with Crippen LogP contribution in [0.2, 0.25) is 0 Å². The van der Waals surface area contributed by atoms with E-state index in [1.54, 1.807) is 0 Å². The lowest BCUT2D eigenvalue weighted by Gasteiger charge is -2.60. The average molecular weight is 399 g/mol. The minimum atomic E-state index is -0.327. The fourth-order valence-corrected chi connectivity index (χ4v) is 8.09. The Kier molecular flexibility index (Phi) is 4.57. The molecule has 0 aliphatic heterocycles. The van der Waals surface area contributed by atoms with Crippen molar-refractivity contribution in [2.75, 3.05) is 0 Å². The molecule has 0 bridgehead atoms. The summed E-state index contributed by atoms with van der Waals surface area (Å²) in [5.41, 5.74) is 3.94. The van der Waals surface area contributed by atoms with Gasteiger partial charge in [0.25, 0.3) is 0 Å². The molecule has 5 rings (SSSR count). The highest BCUT2D eigenvalue weighted by atomic mass is 16.3. The van der Waals surface area contributed by atoms with Crippen LogP contribution in [0.25, 0.3) is 6.08 Å². The maximum Gasteiger partial charge on any atom is 0.0809 e. The molecule has 1 heterocycles. The third-order valence-corrected chi connectivity index (χ3v) is 10.1.